The molecule has 0 amide bonds. The van der Waals surface area contributed by atoms with E-state index in [-0.39, 0.29) is 6.42 Å². The highest BCUT2D eigenvalue weighted by Gasteiger charge is 2.40. The van der Waals surface area contributed by atoms with E-state index in [9.17, 15) is 4.79 Å². The van der Waals surface area contributed by atoms with Crippen molar-refractivity contribution >= 4 is 5.97 Å². The second-order valence-electron chi connectivity index (χ2n) is 7.20. The Bertz CT molecular complexity index is 309. The van der Waals surface area contributed by atoms with Crippen LogP contribution >= 0.6 is 0 Å². The normalized spacial score (nSPS) is 13.3. The number of carbonyl (C=O) groups is 1. The molecule has 0 rings (SSSR count). The molecular weight excluding hydrogens is 288 g/mol. The molecule has 0 aliphatic carbocycles. The molecule has 0 unspecified atom stereocenters. The Morgan fingerprint density at radius 1 is 0.818 bits per heavy atom. The molecule has 132 valence electrons. The van der Waals surface area contributed by atoms with Gasteiger partial charge in [-0.1, -0.05) is 13.3 Å². The van der Waals surface area contributed by atoms with E-state index < -0.39 is 23.0 Å². The van der Waals surface area contributed by atoms with Gasteiger partial charge in [-0.15, -0.1) is 0 Å². The summed E-state index contributed by atoms with van der Waals surface area (Å²) in [6, 6.07) is 0. The van der Waals surface area contributed by atoms with Crippen molar-refractivity contribution in [3.8, 4) is 0 Å². The molecule has 0 fully saturated rings. The van der Waals surface area contributed by atoms with Gasteiger partial charge in [-0.3, -0.25) is 4.79 Å². The summed E-state index contributed by atoms with van der Waals surface area (Å²) in [5.74, 6) is -1.76. The van der Waals surface area contributed by atoms with Gasteiger partial charge in [0.05, 0.1) is 17.8 Å². The van der Waals surface area contributed by atoms with E-state index in [2.05, 4.69) is 0 Å². The van der Waals surface area contributed by atoms with Crippen LogP contribution in [-0.4, -0.2) is 29.6 Å². The van der Waals surface area contributed by atoms with Crippen molar-refractivity contribution in [2.24, 2.45) is 0 Å². The van der Waals surface area contributed by atoms with Crippen molar-refractivity contribution in [1.82, 2.24) is 0 Å². The first-order chi connectivity index (χ1) is 9.93. The molecule has 22 heavy (non-hydrogen) atoms. The van der Waals surface area contributed by atoms with E-state index in [0.29, 0.717) is 13.0 Å². The standard InChI is InChI=1S/C16H32O6/c1-9-11-16(12-13(17)18-10-2,21-19-14(3,4)5)22-20-15(6,7)8/h9-12H2,1-8H3. The van der Waals surface area contributed by atoms with E-state index in [1.165, 1.54) is 0 Å². The van der Waals surface area contributed by atoms with Crippen LogP contribution in [-0.2, 0) is 29.1 Å². The zero-order valence-electron chi connectivity index (χ0n) is 15.3. The average molecular weight is 320 g/mol. The minimum atomic E-state index is -1.33. The van der Waals surface area contributed by atoms with Crippen LogP contribution in [0.15, 0.2) is 0 Å². The zero-order valence-corrected chi connectivity index (χ0v) is 15.3. The molecule has 0 saturated heterocycles. The zero-order chi connectivity index (χ0) is 17.4. The van der Waals surface area contributed by atoms with Crippen LogP contribution in [0.3, 0.4) is 0 Å². The number of esters is 1. The third-order valence-corrected chi connectivity index (χ3v) is 2.24. The molecular formula is C16H32O6. The second kappa shape index (κ2) is 8.82. The van der Waals surface area contributed by atoms with Crippen molar-refractivity contribution in [3.63, 3.8) is 0 Å². The molecule has 0 aliphatic heterocycles. The lowest BCUT2D eigenvalue weighted by molar-refractivity contribution is -0.541. The summed E-state index contributed by atoms with van der Waals surface area (Å²) < 4.78 is 5.00. The molecule has 0 aliphatic rings. The van der Waals surface area contributed by atoms with Gasteiger partial charge in [0.1, 0.15) is 6.42 Å². The molecule has 0 atom stereocenters. The van der Waals surface area contributed by atoms with Gasteiger partial charge in [0, 0.05) is 6.42 Å². The van der Waals surface area contributed by atoms with Crippen LogP contribution in [0.2, 0.25) is 0 Å². The average Bonchev–Trinajstić information content (AvgIpc) is 2.33. The van der Waals surface area contributed by atoms with Crippen LogP contribution in [0.25, 0.3) is 0 Å². The van der Waals surface area contributed by atoms with Gasteiger partial charge in [0.25, 0.3) is 0 Å². The Morgan fingerprint density at radius 2 is 1.27 bits per heavy atom. The molecule has 0 N–H and O–H groups in total. The van der Waals surface area contributed by atoms with Crippen LogP contribution in [0.1, 0.15) is 74.7 Å². The van der Waals surface area contributed by atoms with Crippen molar-refractivity contribution in [2.75, 3.05) is 6.61 Å². The highest BCUT2D eigenvalue weighted by Crippen LogP contribution is 2.30. The lowest BCUT2D eigenvalue weighted by Crippen LogP contribution is -2.43. The number of hydrogen-bond donors (Lipinski definition) is 0. The first-order valence-electron chi connectivity index (χ1n) is 7.82. The predicted octanol–water partition coefficient (Wildman–Crippen LogP) is 3.93. The topological polar surface area (TPSA) is 63.2 Å². The number of hydrogen-bond acceptors (Lipinski definition) is 6. The number of carbonyl (C=O) groups excluding carboxylic acids is 1. The summed E-state index contributed by atoms with van der Waals surface area (Å²) in [5.41, 5.74) is -1.09. The van der Waals surface area contributed by atoms with Crippen LogP contribution in [0.5, 0.6) is 0 Å². The monoisotopic (exact) mass is 320 g/mol. The van der Waals surface area contributed by atoms with E-state index in [1.54, 1.807) is 6.92 Å². The number of ether oxygens (including phenoxy) is 1. The maximum atomic E-state index is 11.9. The smallest absolute Gasteiger partial charge is 0.311 e. The molecule has 0 aromatic carbocycles. The fourth-order valence-corrected chi connectivity index (χ4v) is 1.46. The molecule has 0 saturated carbocycles. The Labute approximate surface area is 134 Å². The maximum absolute atomic E-state index is 11.9. The molecule has 0 bridgehead atoms. The molecule has 0 aromatic heterocycles. The Kier molecular flexibility index (Phi) is 8.54. The molecule has 0 heterocycles. The van der Waals surface area contributed by atoms with Gasteiger partial charge < -0.3 is 4.74 Å². The van der Waals surface area contributed by atoms with E-state index >= 15 is 0 Å². The SMILES string of the molecule is CCCC(CC(=O)OCC)(OOC(C)(C)C)OOC(C)(C)C. The lowest BCUT2D eigenvalue weighted by atomic mass is 10.1. The van der Waals surface area contributed by atoms with Gasteiger partial charge in [0.2, 0.25) is 5.79 Å². The van der Waals surface area contributed by atoms with Gasteiger partial charge in [0.15, 0.2) is 0 Å². The largest absolute Gasteiger partial charge is 0.466 e. The summed E-state index contributed by atoms with van der Waals surface area (Å²) >= 11 is 0. The third kappa shape index (κ3) is 10.1. The Hall–Kier alpha value is -0.690. The molecule has 0 aromatic rings. The minimum absolute atomic E-state index is 0.110. The highest BCUT2D eigenvalue weighted by molar-refractivity contribution is 5.70. The summed E-state index contributed by atoms with van der Waals surface area (Å²) in [6.07, 6.45) is 1.04. The van der Waals surface area contributed by atoms with Crippen molar-refractivity contribution < 1.29 is 29.1 Å². The highest BCUT2D eigenvalue weighted by atomic mass is 17.3. The lowest BCUT2D eigenvalue weighted by Gasteiger charge is -2.34. The van der Waals surface area contributed by atoms with Crippen LogP contribution in [0.4, 0.5) is 0 Å². The van der Waals surface area contributed by atoms with Gasteiger partial charge in [-0.25, -0.2) is 9.78 Å². The molecule has 0 radical (unpaired) electrons. The van der Waals surface area contributed by atoms with Crippen LogP contribution in [0, 0.1) is 0 Å². The summed E-state index contributed by atoms with van der Waals surface area (Å²) in [5, 5.41) is 0. The fraction of sp³-hybridized carbons (Fsp3) is 0.938. The van der Waals surface area contributed by atoms with Gasteiger partial charge in [-0.2, -0.15) is 9.78 Å². The first kappa shape index (κ1) is 21.3. The number of rotatable bonds is 9. The fourth-order valence-electron chi connectivity index (χ4n) is 1.46. The second-order valence-corrected chi connectivity index (χ2v) is 7.20. The predicted molar refractivity (Wildman–Crippen MR) is 82.7 cm³/mol. The summed E-state index contributed by atoms with van der Waals surface area (Å²) in [4.78, 5) is 33.6. The van der Waals surface area contributed by atoms with Crippen molar-refractivity contribution in [3.05, 3.63) is 0 Å². The maximum Gasteiger partial charge on any atom is 0.311 e. The Balaban J connectivity index is 5.10. The first-order valence-corrected chi connectivity index (χ1v) is 7.82. The van der Waals surface area contributed by atoms with Crippen molar-refractivity contribution in [1.29, 1.82) is 0 Å². The third-order valence-electron chi connectivity index (χ3n) is 2.24. The molecule has 0 spiro atoms. The Morgan fingerprint density at radius 3 is 1.59 bits per heavy atom. The van der Waals surface area contributed by atoms with Crippen LogP contribution < -0.4 is 0 Å². The summed E-state index contributed by atoms with van der Waals surface area (Å²) in [6.45, 7) is 15.1. The van der Waals surface area contributed by atoms with Gasteiger partial charge >= 0.3 is 5.97 Å². The van der Waals surface area contributed by atoms with E-state index in [4.69, 9.17) is 24.3 Å². The molecule has 6 heteroatoms. The van der Waals surface area contributed by atoms with E-state index in [0.717, 1.165) is 6.42 Å². The minimum Gasteiger partial charge on any atom is -0.466 e. The van der Waals surface area contributed by atoms with Crippen molar-refractivity contribution in [2.45, 2.75) is 91.6 Å². The summed E-state index contributed by atoms with van der Waals surface area (Å²) in [7, 11) is 0. The van der Waals surface area contributed by atoms with E-state index in [1.807, 2.05) is 48.5 Å². The molecule has 6 nitrogen and oxygen atoms in total. The van der Waals surface area contributed by atoms with Gasteiger partial charge in [-0.05, 0) is 48.5 Å². The quantitative estimate of drug-likeness (QED) is 0.278.